The number of hydrogen-bond acceptors (Lipinski definition) is 4. The van der Waals surface area contributed by atoms with Crippen LogP contribution in [0, 0.1) is 12.3 Å². The van der Waals surface area contributed by atoms with E-state index < -0.39 is 22.8 Å². The number of ketones is 1. The first-order valence-electron chi connectivity index (χ1n) is 10.2. The Morgan fingerprint density at radius 2 is 1.67 bits per heavy atom. The van der Waals surface area contributed by atoms with Gasteiger partial charge >= 0.3 is 11.9 Å². The van der Waals surface area contributed by atoms with E-state index >= 15 is 0 Å². The molecular weight excluding hydrogens is 455 g/mol. The Bertz CT molecular complexity index is 1240. The summed E-state index contributed by atoms with van der Waals surface area (Å²) < 4.78 is 38.6. The molecule has 174 valence electrons. The van der Waals surface area contributed by atoms with E-state index in [1.54, 1.807) is 6.07 Å². The standard InChI is InChI=1S/C24H23ClF3N3O2/c1-13-14(8-12-18(32)23(2,3)4)7-11-17(25)19(13)21-29-20(30-22(33)31-21)15-5-9-16(10-6-15)24(26,27)28/h5-7,9-11H,8,12H2,1-4H3,(H,29,30,31,33). The molecule has 0 saturated heterocycles. The molecule has 0 amide bonds. The Kier molecular flexibility index (Phi) is 6.79. The summed E-state index contributed by atoms with van der Waals surface area (Å²) >= 11 is 6.42. The first-order chi connectivity index (χ1) is 15.3. The van der Waals surface area contributed by atoms with E-state index in [2.05, 4.69) is 15.0 Å². The van der Waals surface area contributed by atoms with E-state index in [1.807, 2.05) is 33.8 Å². The molecule has 33 heavy (non-hydrogen) atoms. The monoisotopic (exact) mass is 477 g/mol. The van der Waals surface area contributed by atoms with Gasteiger partial charge in [-0.3, -0.25) is 9.78 Å². The van der Waals surface area contributed by atoms with E-state index in [4.69, 9.17) is 11.6 Å². The molecule has 0 aliphatic rings. The van der Waals surface area contributed by atoms with Crippen LogP contribution in [-0.2, 0) is 17.4 Å². The minimum atomic E-state index is -4.47. The Morgan fingerprint density at radius 1 is 1.03 bits per heavy atom. The fourth-order valence-electron chi connectivity index (χ4n) is 3.35. The topological polar surface area (TPSA) is 75.7 Å². The lowest BCUT2D eigenvalue weighted by molar-refractivity contribution is -0.137. The lowest BCUT2D eigenvalue weighted by Crippen LogP contribution is -2.20. The van der Waals surface area contributed by atoms with Gasteiger partial charge in [-0.2, -0.15) is 18.2 Å². The third kappa shape index (κ3) is 5.68. The first-order valence-corrected chi connectivity index (χ1v) is 10.6. The number of Topliss-reactive ketones (excluding diaryl/α,β-unsaturated/α-hetero) is 1. The quantitative estimate of drug-likeness (QED) is 0.487. The van der Waals surface area contributed by atoms with Crippen LogP contribution in [0.4, 0.5) is 13.2 Å². The molecule has 2 aromatic carbocycles. The van der Waals surface area contributed by atoms with Gasteiger partial charge in [0.1, 0.15) is 11.6 Å². The number of hydrogen-bond donors (Lipinski definition) is 1. The van der Waals surface area contributed by atoms with E-state index in [-0.39, 0.29) is 23.0 Å². The summed E-state index contributed by atoms with van der Waals surface area (Å²) in [5, 5.41) is 0.339. The van der Waals surface area contributed by atoms with Crippen molar-refractivity contribution in [1.29, 1.82) is 0 Å². The number of benzene rings is 2. The third-order valence-electron chi connectivity index (χ3n) is 5.34. The van der Waals surface area contributed by atoms with Crippen molar-refractivity contribution in [2.75, 3.05) is 0 Å². The number of halogens is 4. The van der Waals surface area contributed by atoms with Crippen LogP contribution in [0.2, 0.25) is 5.02 Å². The molecule has 1 heterocycles. The lowest BCUT2D eigenvalue weighted by Gasteiger charge is -2.18. The summed E-state index contributed by atoms with van der Waals surface area (Å²) in [6.45, 7) is 7.41. The minimum Gasteiger partial charge on any atom is -0.299 e. The molecule has 1 N–H and O–H groups in total. The van der Waals surface area contributed by atoms with Crippen molar-refractivity contribution >= 4 is 17.4 Å². The van der Waals surface area contributed by atoms with Gasteiger partial charge in [0.25, 0.3) is 0 Å². The normalized spacial score (nSPS) is 12.1. The zero-order valence-electron chi connectivity index (χ0n) is 18.6. The van der Waals surface area contributed by atoms with Crippen LogP contribution >= 0.6 is 11.6 Å². The summed E-state index contributed by atoms with van der Waals surface area (Å²) in [4.78, 5) is 35.3. The molecule has 0 spiro atoms. The van der Waals surface area contributed by atoms with Crippen molar-refractivity contribution in [2.45, 2.75) is 46.7 Å². The fourth-order valence-corrected chi connectivity index (χ4v) is 3.64. The van der Waals surface area contributed by atoms with Gasteiger partial charge in [0, 0.05) is 23.0 Å². The number of aryl methyl sites for hydroxylation is 1. The highest BCUT2D eigenvalue weighted by Gasteiger charge is 2.30. The summed E-state index contributed by atoms with van der Waals surface area (Å²) in [7, 11) is 0. The van der Waals surface area contributed by atoms with Crippen LogP contribution in [0.1, 0.15) is 43.9 Å². The molecule has 9 heteroatoms. The fraction of sp³-hybridized carbons (Fsp3) is 0.333. The van der Waals surface area contributed by atoms with Crippen molar-refractivity contribution in [3.8, 4) is 22.8 Å². The molecule has 0 saturated carbocycles. The van der Waals surface area contributed by atoms with E-state index in [0.717, 1.165) is 23.3 Å². The van der Waals surface area contributed by atoms with E-state index in [0.29, 0.717) is 23.4 Å². The number of nitrogens with one attached hydrogen (secondary N) is 1. The first kappa shape index (κ1) is 24.6. The van der Waals surface area contributed by atoms with Crippen LogP contribution in [0.5, 0.6) is 0 Å². The minimum absolute atomic E-state index is 0.0220. The predicted octanol–water partition coefficient (Wildman–Crippen LogP) is 6.03. The second kappa shape index (κ2) is 9.09. The number of rotatable bonds is 5. The maximum Gasteiger partial charge on any atom is 0.416 e. The van der Waals surface area contributed by atoms with E-state index in [1.165, 1.54) is 12.1 Å². The van der Waals surface area contributed by atoms with Gasteiger partial charge in [-0.1, -0.05) is 50.6 Å². The summed E-state index contributed by atoms with van der Waals surface area (Å²) in [6, 6.07) is 7.73. The van der Waals surface area contributed by atoms with Crippen LogP contribution in [0.15, 0.2) is 41.2 Å². The molecule has 0 atom stereocenters. The summed E-state index contributed by atoms with van der Waals surface area (Å²) in [5.74, 6) is 0.251. The molecule has 0 fully saturated rings. The zero-order valence-corrected chi connectivity index (χ0v) is 19.4. The van der Waals surface area contributed by atoms with Gasteiger partial charge < -0.3 is 0 Å². The second-order valence-electron chi connectivity index (χ2n) is 8.78. The molecule has 0 radical (unpaired) electrons. The van der Waals surface area contributed by atoms with Gasteiger partial charge in [0.05, 0.1) is 10.6 Å². The average molecular weight is 478 g/mol. The Balaban J connectivity index is 2.01. The van der Waals surface area contributed by atoms with Gasteiger partial charge in [0.2, 0.25) is 0 Å². The number of alkyl halides is 3. The number of nitrogens with zero attached hydrogens (tertiary/aromatic N) is 2. The number of carbonyl (C=O) groups excluding carboxylic acids is 1. The molecule has 1 aromatic heterocycles. The van der Waals surface area contributed by atoms with Gasteiger partial charge in [-0.05, 0) is 42.7 Å². The molecule has 0 unspecified atom stereocenters. The largest absolute Gasteiger partial charge is 0.416 e. The highest BCUT2D eigenvalue weighted by molar-refractivity contribution is 6.33. The highest BCUT2D eigenvalue weighted by Crippen LogP contribution is 2.33. The third-order valence-corrected chi connectivity index (χ3v) is 5.66. The van der Waals surface area contributed by atoms with Gasteiger partial charge in [-0.15, -0.1) is 0 Å². The number of aromatic nitrogens is 3. The van der Waals surface area contributed by atoms with Crippen molar-refractivity contribution in [3.63, 3.8) is 0 Å². The van der Waals surface area contributed by atoms with E-state index in [9.17, 15) is 22.8 Å². The molecule has 5 nitrogen and oxygen atoms in total. The Hall–Kier alpha value is -3.00. The van der Waals surface area contributed by atoms with Gasteiger partial charge in [0.15, 0.2) is 5.82 Å². The van der Waals surface area contributed by atoms with Crippen LogP contribution in [0.3, 0.4) is 0 Å². The number of H-pyrrole nitrogens is 1. The summed E-state index contributed by atoms with van der Waals surface area (Å²) in [6.07, 6.45) is -3.63. The molecule has 0 bridgehead atoms. The maximum absolute atomic E-state index is 12.9. The zero-order chi connectivity index (χ0) is 24.6. The molecule has 3 rings (SSSR count). The van der Waals surface area contributed by atoms with Crippen LogP contribution in [0.25, 0.3) is 22.8 Å². The molecule has 3 aromatic rings. The maximum atomic E-state index is 12.9. The lowest BCUT2D eigenvalue weighted by atomic mass is 9.86. The molecule has 0 aliphatic heterocycles. The Morgan fingerprint density at radius 3 is 2.24 bits per heavy atom. The Labute approximate surface area is 194 Å². The second-order valence-corrected chi connectivity index (χ2v) is 9.19. The molecule has 0 aliphatic carbocycles. The highest BCUT2D eigenvalue weighted by atomic mass is 35.5. The van der Waals surface area contributed by atoms with Crippen molar-refractivity contribution in [2.24, 2.45) is 5.41 Å². The SMILES string of the molecule is Cc1c(CCC(=O)C(C)(C)C)ccc(Cl)c1-c1nc(-c2ccc(C(F)(F)F)cc2)nc(=O)[nH]1. The number of aromatic amines is 1. The smallest absolute Gasteiger partial charge is 0.299 e. The number of carbonyl (C=O) groups is 1. The van der Waals surface area contributed by atoms with Crippen molar-refractivity contribution < 1.29 is 18.0 Å². The average Bonchev–Trinajstić information content (AvgIpc) is 2.71. The van der Waals surface area contributed by atoms with Gasteiger partial charge in [-0.25, -0.2) is 9.78 Å². The summed E-state index contributed by atoms with van der Waals surface area (Å²) in [5.41, 5.74) is 0.393. The predicted molar refractivity (Wildman–Crippen MR) is 121 cm³/mol. The molecular formula is C24H23ClF3N3O2. The van der Waals surface area contributed by atoms with Crippen molar-refractivity contribution in [3.05, 3.63) is 68.6 Å². The van der Waals surface area contributed by atoms with Crippen molar-refractivity contribution in [1.82, 2.24) is 15.0 Å². The van der Waals surface area contributed by atoms with Crippen LogP contribution < -0.4 is 5.69 Å². The van der Waals surface area contributed by atoms with Crippen LogP contribution in [-0.4, -0.2) is 20.7 Å².